The van der Waals surface area contributed by atoms with Gasteiger partial charge in [-0.15, -0.1) is 0 Å². The number of barbiturate groups is 1. The van der Waals surface area contributed by atoms with Gasteiger partial charge in [-0.3, -0.25) is 14.9 Å². The molecule has 1 N–H and O–H groups in total. The van der Waals surface area contributed by atoms with Gasteiger partial charge in [-0.25, -0.2) is 9.69 Å². The number of carbonyl (C=O) groups excluding carboxylic acids is 3. The van der Waals surface area contributed by atoms with Gasteiger partial charge in [-0.1, -0.05) is 59.6 Å². The third kappa shape index (κ3) is 4.96. The van der Waals surface area contributed by atoms with E-state index in [2.05, 4.69) is 5.32 Å². The Hall–Kier alpha value is -3.90. The molecule has 4 amide bonds. The number of aryl methyl sites for hydroxylation is 2. The predicted molar refractivity (Wildman–Crippen MR) is 127 cm³/mol. The molecule has 1 aliphatic rings. The fraction of sp³-hybridized carbons (Fsp3) is 0.115. The fourth-order valence-corrected chi connectivity index (χ4v) is 3.76. The molecule has 6 nitrogen and oxygen atoms in total. The van der Waals surface area contributed by atoms with Crippen molar-refractivity contribution in [2.45, 2.75) is 20.5 Å². The normalized spacial score (nSPS) is 15.1. The van der Waals surface area contributed by atoms with Crippen LogP contribution in [-0.2, 0) is 16.2 Å². The first kappa shape index (κ1) is 22.3. The third-order valence-electron chi connectivity index (χ3n) is 5.11. The van der Waals surface area contributed by atoms with Crippen LogP contribution < -0.4 is 15.0 Å². The van der Waals surface area contributed by atoms with Crippen molar-refractivity contribution in [2.24, 2.45) is 0 Å². The Labute approximate surface area is 196 Å². The summed E-state index contributed by atoms with van der Waals surface area (Å²) in [5.41, 5.74) is 3.78. The summed E-state index contributed by atoms with van der Waals surface area (Å²) in [5.74, 6) is -0.980. The number of benzene rings is 3. The Morgan fingerprint density at radius 3 is 2.36 bits per heavy atom. The molecule has 33 heavy (non-hydrogen) atoms. The lowest BCUT2D eigenvalue weighted by Gasteiger charge is -2.26. The lowest BCUT2D eigenvalue weighted by molar-refractivity contribution is -0.122. The summed E-state index contributed by atoms with van der Waals surface area (Å²) >= 11 is 6.38. The van der Waals surface area contributed by atoms with Crippen molar-refractivity contribution in [1.82, 2.24) is 5.32 Å². The maximum atomic E-state index is 13.0. The molecular weight excluding hydrogens is 440 g/mol. The number of amides is 4. The summed E-state index contributed by atoms with van der Waals surface area (Å²) in [6, 6.07) is 19.1. The van der Waals surface area contributed by atoms with Gasteiger partial charge in [0.1, 0.15) is 17.9 Å². The van der Waals surface area contributed by atoms with E-state index in [9.17, 15) is 14.4 Å². The molecule has 7 heteroatoms. The molecule has 1 saturated heterocycles. The summed E-state index contributed by atoms with van der Waals surface area (Å²) in [6.07, 6.45) is 1.41. The Morgan fingerprint density at radius 2 is 1.67 bits per heavy atom. The van der Waals surface area contributed by atoms with E-state index in [0.29, 0.717) is 28.6 Å². The van der Waals surface area contributed by atoms with Gasteiger partial charge in [0.25, 0.3) is 11.8 Å². The number of nitrogens with one attached hydrogen (secondary N) is 1. The highest BCUT2D eigenvalue weighted by atomic mass is 35.5. The van der Waals surface area contributed by atoms with Crippen LogP contribution in [0.5, 0.6) is 5.75 Å². The number of imide groups is 2. The first-order valence-corrected chi connectivity index (χ1v) is 10.7. The maximum absolute atomic E-state index is 13.0. The van der Waals surface area contributed by atoms with Gasteiger partial charge in [0, 0.05) is 0 Å². The van der Waals surface area contributed by atoms with E-state index < -0.39 is 17.8 Å². The molecule has 0 aliphatic carbocycles. The Balaban J connectivity index is 1.57. The Kier molecular flexibility index (Phi) is 6.29. The van der Waals surface area contributed by atoms with Crippen LogP contribution in [0.4, 0.5) is 10.5 Å². The van der Waals surface area contributed by atoms with Gasteiger partial charge in [0.15, 0.2) is 0 Å². The van der Waals surface area contributed by atoms with Crippen molar-refractivity contribution >= 4 is 41.2 Å². The van der Waals surface area contributed by atoms with Crippen molar-refractivity contribution in [1.29, 1.82) is 0 Å². The van der Waals surface area contributed by atoms with Gasteiger partial charge in [0.2, 0.25) is 0 Å². The first-order valence-electron chi connectivity index (χ1n) is 10.3. The standard InChI is InChI=1S/C26H21ClN2O4/c1-16-5-3-7-19(11-16)15-33-23-10-9-18(14-22(23)27)13-21-24(30)28-26(32)29(25(21)31)20-8-4-6-17(2)12-20/h3-14H,15H2,1-2H3,(H,28,30,32)/b21-13+. The molecule has 0 bridgehead atoms. The second-order valence-corrected chi connectivity index (χ2v) is 8.17. The van der Waals surface area contributed by atoms with Gasteiger partial charge < -0.3 is 4.74 Å². The average molecular weight is 461 g/mol. The minimum atomic E-state index is -0.786. The monoisotopic (exact) mass is 460 g/mol. The summed E-state index contributed by atoms with van der Waals surface area (Å²) in [4.78, 5) is 38.7. The van der Waals surface area contributed by atoms with Crippen LogP contribution in [-0.4, -0.2) is 17.8 Å². The Bertz CT molecular complexity index is 1300. The van der Waals surface area contributed by atoms with Crippen LogP contribution >= 0.6 is 11.6 Å². The second kappa shape index (κ2) is 9.30. The smallest absolute Gasteiger partial charge is 0.335 e. The second-order valence-electron chi connectivity index (χ2n) is 7.76. The van der Waals surface area contributed by atoms with Crippen molar-refractivity contribution < 1.29 is 19.1 Å². The van der Waals surface area contributed by atoms with E-state index in [1.165, 1.54) is 6.08 Å². The fourth-order valence-electron chi connectivity index (χ4n) is 3.51. The number of urea groups is 1. The quantitative estimate of drug-likeness (QED) is 0.419. The number of rotatable bonds is 5. The molecule has 1 aliphatic heterocycles. The van der Waals surface area contributed by atoms with E-state index in [-0.39, 0.29) is 5.57 Å². The molecule has 1 fully saturated rings. The summed E-state index contributed by atoms with van der Waals surface area (Å²) in [7, 11) is 0. The van der Waals surface area contributed by atoms with Crippen LogP contribution in [0, 0.1) is 13.8 Å². The van der Waals surface area contributed by atoms with Gasteiger partial charge in [0.05, 0.1) is 10.7 Å². The lowest BCUT2D eigenvalue weighted by Crippen LogP contribution is -2.54. The molecular formula is C26H21ClN2O4. The third-order valence-corrected chi connectivity index (χ3v) is 5.40. The van der Waals surface area contributed by atoms with E-state index in [1.54, 1.807) is 36.4 Å². The first-order chi connectivity index (χ1) is 15.8. The summed E-state index contributed by atoms with van der Waals surface area (Å²) in [5, 5.41) is 2.56. The van der Waals surface area contributed by atoms with Gasteiger partial charge in [-0.2, -0.15) is 0 Å². The van der Waals surface area contributed by atoms with Gasteiger partial charge in [-0.05, 0) is 60.9 Å². The van der Waals surface area contributed by atoms with Crippen LogP contribution in [0.15, 0.2) is 72.3 Å². The minimum Gasteiger partial charge on any atom is -0.487 e. The highest BCUT2D eigenvalue weighted by molar-refractivity contribution is 6.39. The van der Waals surface area contributed by atoms with Crippen molar-refractivity contribution in [3.63, 3.8) is 0 Å². The number of halogens is 1. The summed E-state index contributed by atoms with van der Waals surface area (Å²) < 4.78 is 5.81. The van der Waals surface area contributed by atoms with Crippen LogP contribution in [0.2, 0.25) is 5.02 Å². The zero-order valence-corrected chi connectivity index (χ0v) is 18.8. The van der Waals surface area contributed by atoms with Gasteiger partial charge >= 0.3 is 6.03 Å². The number of hydrogen-bond donors (Lipinski definition) is 1. The molecule has 0 radical (unpaired) electrons. The highest BCUT2D eigenvalue weighted by Crippen LogP contribution is 2.28. The van der Waals surface area contributed by atoms with Crippen molar-refractivity contribution in [3.05, 3.63) is 99.6 Å². The summed E-state index contributed by atoms with van der Waals surface area (Å²) in [6.45, 7) is 4.22. The molecule has 0 atom stereocenters. The number of nitrogens with zero attached hydrogens (tertiary/aromatic N) is 1. The number of ether oxygens (including phenoxy) is 1. The van der Waals surface area contributed by atoms with E-state index in [1.807, 2.05) is 44.2 Å². The zero-order valence-electron chi connectivity index (χ0n) is 18.1. The van der Waals surface area contributed by atoms with Crippen molar-refractivity contribution in [2.75, 3.05) is 4.90 Å². The molecule has 3 aromatic carbocycles. The number of carbonyl (C=O) groups is 3. The molecule has 166 valence electrons. The zero-order chi connectivity index (χ0) is 23.5. The van der Waals surface area contributed by atoms with Crippen molar-refractivity contribution in [3.8, 4) is 5.75 Å². The molecule has 1 heterocycles. The van der Waals surface area contributed by atoms with Crippen LogP contribution in [0.3, 0.4) is 0 Å². The minimum absolute atomic E-state index is 0.166. The highest BCUT2D eigenvalue weighted by Gasteiger charge is 2.36. The Morgan fingerprint density at radius 1 is 0.939 bits per heavy atom. The van der Waals surface area contributed by atoms with Crippen LogP contribution in [0.25, 0.3) is 6.08 Å². The molecule has 0 saturated carbocycles. The predicted octanol–water partition coefficient (Wildman–Crippen LogP) is 5.20. The molecule has 0 spiro atoms. The van der Waals surface area contributed by atoms with Crippen LogP contribution in [0.1, 0.15) is 22.3 Å². The van der Waals surface area contributed by atoms with E-state index in [0.717, 1.165) is 21.6 Å². The van der Waals surface area contributed by atoms with E-state index >= 15 is 0 Å². The molecule has 3 aromatic rings. The number of anilines is 1. The average Bonchev–Trinajstić information content (AvgIpc) is 2.76. The molecule has 0 unspecified atom stereocenters. The molecule has 0 aromatic heterocycles. The number of hydrogen-bond acceptors (Lipinski definition) is 4. The lowest BCUT2D eigenvalue weighted by atomic mass is 10.1. The topological polar surface area (TPSA) is 75.7 Å². The largest absolute Gasteiger partial charge is 0.487 e. The molecule has 4 rings (SSSR count). The van der Waals surface area contributed by atoms with E-state index in [4.69, 9.17) is 16.3 Å². The SMILES string of the molecule is Cc1cccc(COc2ccc(/C=C3\C(=O)NC(=O)N(c4cccc(C)c4)C3=O)cc2Cl)c1. The maximum Gasteiger partial charge on any atom is 0.335 e.